The van der Waals surface area contributed by atoms with Crippen molar-refractivity contribution in [1.82, 2.24) is 0 Å². The molecule has 0 amide bonds. The number of anilines is 2. The van der Waals surface area contributed by atoms with Gasteiger partial charge >= 0.3 is 0 Å². The summed E-state index contributed by atoms with van der Waals surface area (Å²) in [6.07, 6.45) is 1.09. The SMILES string of the molecule is CCc1cccc2c1NC(C(C)C)CN2C. The summed E-state index contributed by atoms with van der Waals surface area (Å²) in [5, 5.41) is 3.70. The molecule has 1 aliphatic heterocycles. The summed E-state index contributed by atoms with van der Waals surface area (Å²) in [6.45, 7) is 7.88. The van der Waals surface area contributed by atoms with Crippen molar-refractivity contribution in [3.05, 3.63) is 23.8 Å². The molecular weight excluding hydrogens is 196 g/mol. The van der Waals surface area contributed by atoms with Crippen LogP contribution in [0.15, 0.2) is 18.2 Å². The molecule has 1 heterocycles. The van der Waals surface area contributed by atoms with E-state index in [2.05, 4.69) is 56.2 Å². The summed E-state index contributed by atoms with van der Waals surface area (Å²) in [7, 11) is 2.19. The van der Waals surface area contributed by atoms with E-state index in [0.717, 1.165) is 13.0 Å². The lowest BCUT2D eigenvalue weighted by Gasteiger charge is -2.38. The summed E-state index contributed by atoms with van der Waals surface area (Å²) in [6, 6.07) is 7.15. The maximum Gasteiger partial charge on any atom is 0.0613 e. The van der Waals surface area contributed by atoms with Crippen LogP contribution in [-0.4, -0.2) is 19.6 Å². The molecule has 1 atom stereocenters. The molecule has 88 valence electrons. The highest BCUT2D eigenvalue weighted by Gasteiger charge is 2.24. The molecule has 0 bridgehead atoms. The van der Waals surface area contributed by atoms with Crippen LogP contribution < -0.4 is 10.2 Å². The van der Waals surface area contributed by atoms with Gasteiger partial charge in [0.1, 0.15) is 0 Å². The van der Waals surface area contributed by atoms with Crippen LogP contribution in [0.1, 0.15) is 26.3 Å². The van der Waals surface area contributed by atoms with Crippen LogP contribution in [0.3, 0.4) is 0 Å². The van der Waals surface area contributed by atoms with Gasteiger partial charge in [-0.1, -0.05) is 32.9 Å². The molecule has 1 aromatic rings. The van der Waals surface area contributed by atoms with Gasteiger partial charge < -0.3 is 10.2 Å². The van der Waals surface area contributed by atoms with Gasteiger partial charge in [-0.2, -0.15) is 0 Å². The Hall–Kier alpha value is -1.18. The van der Waals surface area contributed by atoms with Crippen molar-refractivity contribution >= 4 is 11.4 Å². The largest absolute Gasteiger partial charge is 0.378 e. The van der Waals surface area contributed by atoms with E-state index in [-0.39, 0.29) is 0 Å². The minimum atomic E-state index is 0.560. The number of para-hydroxylation sites is 1. The van der Waals surface area contributed by atoms with Crippen LogP contribution in [0.2, 0.25) is 0 Å². The molecule has 2 rings (SSSR count). The molecular formula is C14H22N2. The maximum atomic E-state index is 3.70. The van der Waals surface area contributed by atoms with Crippen molar-refractivity contribution < 1.29 is 0 Å². The Kier molecular flexibility index (Phi) is 3.08. The molecule has 0 saturated heterocycles. The van der Waals surface area contributed by atoms with Crippen molar-refractivity contribution in [2.75, 3.05) is 23.8 Å². The second-order valence-corrected chi connectivity index (χ2v) is 5.04. The highest BCUT2D eigenvalue weighted by molar-refractivity contribution is 5.75. The summed E-state index contributed by atoms with van der Waals surface area (Å²) in [4.78, 5) is 2.37. The van der Waals surface area contributed by atoms with Crippen LogP contribution in [-0.2, 0) is 6.42 Å². The van der Waals surface area contributed by atoms with E-state index in [9.17, 15) is 0 Å². The fourth-order valence-electron chi connectivity index (χ4n) is 2.37. The quantitative estimate of drug-likeness (QED) is 0.820. The first-order chi connectivity index (χ1) is 7.63. The third-order valence-corrected chi connectivity index (χ3v) is 3.53. The van der Waals surface area contributed by atoms with Crippen molar-refractivity contribution in [3.63, 3.8) is 0 Å². The van der Waals surface area contributed by atoms with Crippen LogP contribution >= 0.6 is 0 Å². The van der Waals surface area contributed by atoms with Crippen LogP contribution in [0.4, 0.5) is 11.4 Å². The average Bonchev–Trinajstić information content (AvgIpc) is 2.28. The van der Waals surface area contributed by atoms with E-state index in [0.29, 0.717) is 12.0 Å². The number of nitrogens with zero attached hydrogens (tertiary/aromatic N) is 1. The number of benzene rings is 1. The zero-order valence-electron chi connectivity index (χ0n) is 10.7. The Balaban J connectivity index is 2.39. The van der Waals surface area contributed by atoms with Crippen molar-refractivity contribution in [1.29, 1.82) is 0 Å². The van der Waals surface area contributed by atoms with Crippen molar-refractivity contribution in [3.8, 4) is 0 Å². The Morgan fingerprint density at radius 1 is 1.44 bits per heavy atom. The van der Waals surface area contributed by atoms with Gasteiger partial charge in [0.25, 0.3) is 0 Å². The topological polar surface area (TPSA) is 15.3 Å². The monoisotopic (exact) mass is 218 g/mol. The van der Waals surface area contributed by atoms with E-state index in [1.165, 1.54) is 16.9 Å². The third-order valence-electron chi connectivity index (χ3n) is 3.53. The zero-order chi connectivity index (χ0) is 11.7. The Morgan fingerprint density at radius 3 is 2.81 bits per heavy atom. The normalized spacial score (nSPS) is 19.6. The first-order valence-electron chi connectivity index (χ1n) is 6.23. The lowest BCUT2D eigenvalue weighted by molar-refractivity contribution is 0.514. The molecule has 1 N–H and O–H groups in total. The molecule has 0 saturated carbocycles. The number of hydrogen-bond acceptors (Lipinski definition) is 2. The smallest absolute Gasteiger partial charge is 0.0613 e. The number of aryl methyl sites for hydroxylation is 1. The highest BCUT2D eigenvalue weighted by atomic mass is 15.2. The number of hydrogen-bond donors (Lipinski definition) is 1. The van der Waals surface area contributed by atoms with Gasteiger partial charge in [-0.15, -0.1) is 0 Å². The molecule has 0 spiro atoms. The molecule has 1 aliphatic rings. The molecule has 0 aliphatic carbocycles. The summed E-state index contributed by atoms with van der Waals surface area (Å²) >= 11 is 0. The van der Waals surface area contributed by atoms with Gasteiger partial charge in [0.2, 0.25) is 0 Å². The van der Waals surface area contributed by atoms with Crippen molar-refractivity contribution in [2.24, 2.45) is 5.92 Å². The number of rotatable bonds is 2. The molecule has 1 unspecified atom stereocenters. The molecule has 2 nitrogen and oxygen atoms in total. The van der Waals surface area contributed by atoms with Crippen LogP contribution in [0, 0.1) is 5.92 Å². The van der Waals surface area contributed by atoms with Gasteiger partial charge in [0.05, 0.1) is 11.4 Å². The summed E-state index contributed by atoms with van der Waals surface area (Å²) < 4.78 is 0. The number of fused-ring (bicyclic) bond motifs is 1. The van der Waals surface area contributed by atoms with Gasteiger partial charge in [0, 0.05) is 19.6 Å². The fraction of sp³-hybridized carbons (Fsp3) is 0.571. The number of likely N-dealkylation sites (N-methyl/N-ethyl adjacent to an activating group) is 1. The molecule has 16 heavy (non-hydrogen) atoms. The maximum absolute atomic E-state index is 3.70. The lowest BCUT2D eigenvalue weighted by Crippen LogP contribution is -2.42. The van der Waals surface area contributed by atoms with Gasteiger partial charge in [-0.05, 0) is 24.0 Å². The standard InChI is InChI=1S/C14H22N2/c1-5-11-7-6-8-13-14(11)15-12(10(2)3)9-16(13)4/h6-8,10,12,15H,5,9H2,1-4H3. The first-order valence-corrected chi connectivity index (χ1v) is 6.23. The highest BCUT2D eigenvalue weighted by Crippen LogP contribution is 2.34. The predicted octanol–water partition coefficient (Wildman–Crippen LogP) is 3.14. The van der Waals surface area contributed by atoms with E-state index in [1.54, 1.807) is 0 Å². The van der Waals surface area contributed by atoms with E-state index in [1.807, 2.05) is 0 Å². The second kappa shape index (κ2) is 4.36. The van der Waals surface area contributed by atoms with Crippen LogP contribution in [0.25, 0.3) is 0 Å². The van der Waals surface area contributed by atoms with Crippen LogP contribution in [0.5, 0.6) is 0 Å². The van der Waals surface area contributed by atoms with Crippen molar-refractivity contribution in [2.45, 2.75) is 33.2 Å². The van der Waals surface area contributed by atoms with E-state index < -0.39 is 0 Å². The molecule has 1 aromatic carbocycles. The Labute approximate surface area is 98.7 Å². The average molecular weight is 218 g/mol. The van der Waals surface area contributed by atoms with E-state index in [4.69, 9.17) is 0 Å². The van der Waals surface area contributed by atoms with E-state index >= 15 is 0 Å². The molecule has 0 fully saturated rings. The second-order valence-electron chi connectivity index (χ2n) is 5.04. The molecule has 2 heteroatoms. The van der Waals surface area contributed by atoms with Gasteiger partial charge in [-0.3, -0.25) is 0 Å². The fourth-order valence-corrected chi connectivity index (χ4v) is 2.37. The van der Waals surface area contributed by atoms with Gasteiger partial charge in [-0.25, -0.2) is 0 Å². The lowest BCUT2D eigenvalue weighted by atomic mass is 9.98. The summed E-state index contributed by atoms with van der Waals surface area (Å²) in [5.41, 5.74) is 4.11. The minimum absolute atomic E-state index is 0.560. The molecule has 0 aromatic heterocycles. The zero-order valence-corrected chi connectivity index (χ0v) is 10.7. The Bertz CT molecular complexity index is 371. The first kappa shape index (κ1) is 11.3. The number of nitrogens with one attached hydrogen (secondary N) is 1. The Morgan fingerprint density at radius 2 is 2.19 bits per heavy atom. The molecule has 0 radical (unpaired) electrons. The van der Waals surface area contributed by atoms with Gasteiger partial charge in [0.15, 0.2) is 0 Å². The minimum Gasteiger partial charge on any atom is -0.378 e. The predicted molar refractivity (Wildman–Crippen MR) is 71.3 cm³/mol. The summed E-state index contributed by atoms with van der Waals surface area (Å²) in [5.74, 6) is 0.667. The third kappa shape index (κ3) is 1.89.